The van der Waals surface area contributed by atoms with Crippen LogP contribution in [-0.2, 0) is 28.6 Å². The average Bonchev–Trinajstić information content (AvgIpc) is 3.30. The highest BCUT2D eigenvalue weighted by Gasteiger charge is 2.19. The Hall–Kier alpha value is -2.89. The molecular formula is C59H104O6. The fraction of sp³-hybridized carbons (Fsp3) is 0.780. The quantitative estimate of drug-likeness (QED) is 0.0262. The van der Waals surface area contributed by atoms with Crippen LogP contribution in [0.15, 0.2) is 60.8 Å². The average molecular weight is 909 g/mol. The van der Waals surface area contributed by atoms with Crippen LogP contribution in [0.5, 0.6) is 0 Å². The van der Waals surface area contributed by atoms with E-state index < -0.39 is 6.10 Å². The van der Waals surface area contributed by atoms with Gasteiger partial charge in [-0.25, -0.2) is 0 Å². The Labute approximate surface area is 402 Å². The van der Waals surface area contributed by atoms with E-state index in [1.807, 2.05) is 0 Å². The minimum Gasteiger partial charge on any atom is -0.462 e. The van der Waals surface area contributed by atoms with Crippen molar-refractivity contribution in [3.05, 3.63) is 60.8 Å². The van der Waals surface area contributed by atoms with Crippen molar-refractivity contribution in [2.24, 2.45) is 0 Å². The number of esters is 3. The first kappa shape index (κ1) is 62.1. The number of carbonyl (C=O) groups is 3. The third kappa shape index (κ3) is 51.9. The van der Waals surface area contributed by atoms with Gasteiger partial charge in [0.15, 0.2) is 6.10 Å². The van der Waals surface area contributed by atoms with Crippen molar-refractivity contribution in [3.8, 4) is 0 Å². The van der Waals surface area contributed by atoms with E-state index in [1.165, 1.54) is 167 Å². The lowest BCUT2D eigenvalue weighted by atomic mass is 10.0. The topological polar surface area (TPSA) is 78.9 Å². The predicted octanol–water partition coefficient (Wildman–Crippen LogP) is 18.4. The summed E-state index contributed by atoms with van der Waals surface area (Å²) in [5.41, 5.74) is 0. The lowest BCUT2D eigenvalue weighted by Crippen LogP contribution is -2.30. The van der Waals surface area contributed by atoms with Crippen LogP contribution in [0, 0.1) is 0 Å². The van der Waals surface area contributed by atoms with E-state index in [-0.39, 0.29) is 37.5 Å². The molecule has 0 aliphatic rings. The second-order valence-electron chi connectivity index (χ2n) is 18.5. The first-order valence-corrected chi connectivity index (χ1v) is 27.8. The third-order valence-electron chi connectivity index (χ3n) is 12.0. The van der Waals surface area contributed by atoms with Crippen molar-refractivity contribution in [1.29, 1.82) is 0 Å². The number of ether oxygens (including phenoxy) is 3. The minimum absolute atomic E-state index is 0.0912. The normalized spacial score (nSPS) is 12.5. The molecule has 0 saturated heterocycles. The lowest BCUT2D eigenvalue weighted by molar-refractivity contribution is -0.167. The third-order valence-corrected chi connectivity index (χ3v) is 12.0. The zero-order chi connectivity index (χ0) is 47.2. The standard InChI is InChI=1S/C59H104O6/c1-4-7-10-13-16-19-22-25-27-29-31-34-36-39-42-45-48-51-57(60)63-54-56(65-59(62)53-50-47-44-41-38-33-24-21-18-15-12-9-6-3)55-64-58(61)52-49-46-43-40-37-35-32-30-28-26-23-20-17-14-11-8-5-2/h16,19,25-28,31,34,39,42,56H,4-15,17-18,20-24,29-30,32-33,35-38,40-41,43-55H2,1-3H3/b19-16-,27-25-,28-26-,34-31-,42-39-/t56-/m1/s1. The SMILES string of the molecule is CCCCC/C=C\C/C=C\C/C=C\C/C=C\CCCC(=O)OC[C@H](COC(=O)CCCCCCCCC/C=C\CCCCCCCC)OC(=O)CCCCCCCCCCCCCCC. The Balaban J connectivity index is 4.43. The van der Waals surface area contributed by atoms with Gasteiger partial charge >= 0.3 is 17.9 Å². The largest absolute Gasteiger partial charge is 0.462 e. The van der Waals surface area contributed by atoms with Crippen molar-refractivity contribution in [3.63, 3.8) is 0 Å². The van der Waals surface area contributed by atoms with E-state index in [2.05, 4.69) is 81.5 Å². The Morgan fingerprint density at radius 1 is 0.308 bits per heavy atom. The fourth-order valence-corrected chi connectivity index (χ4v) is 7.78. The zero-order valence-corrected chi connectivity index (χ0v) is 43.0. The molecule has 0 N–H and O–H groups in total. The van der Waals surface area contributed by atoms with Gasteiger partial charge in [0.2, 0.25) is 0 Å². The molecule has 0 aliphatic heterocycles. The highest BCUT2D eigenvalue weighted by molar-refractivity contribution is 5.71. The molecule has 0 amide bonds. The summed E-state index contributed by atoms with van der Waals surface area (Å²) in [5, 5.41) is 0. The molecular weight excluding hydrogens is 805 g/mol. The van der Waals surface area contributed by atoms with Crippen molar-refractivity contribution < 1.29 is 28.6 Å². The van der Waals surface area contributed by atoms with Gasteiger partial charge in [-0.15, -0.1) is 0 Å². The fourth-order valence-electron chi connectivity index (χ4n) is 7.78. The van der Waals surface area contributed by atoms with Gasteiger partial charge < -0.3 is 14.2 Å². The van der Waals surface area contributed by atoms with Crippen LogP contribution in [0.1, 0.15) is 278 Å². The van der Waals surface area contributed by atoms with Crippen LogP contribution < -0.4 is 0 Å². The summed E-state index contributed by atoms with van der Waals surface area (Å²) < 4.78 is 16.8. The van der Waals surface area contributed by atoms with E-state index in [4.69, 9.17) is 14.2 Å². The number of hydrogen-bond donors (Lipinski definition) is 0. The van der Waals surface area contributed by atoms with Crippen LogP contribution in [0.25, 0.3) is 0 Å². The first-order chi connectivity index (χ1) is 32.0. The molecule has 0 bridgehead atoms. The maximum absolute atomic E-state index is 12.8. The van der Waals surface area contributed by atoms with Crippen molar-refractivity contribution >= 4 is 17.9 Å². The van der Waals surface area contributed by atoms with E-state index in [1.54, 1.807) is 0 Å². The van der Waals surface area contributed by atoms with Crippen molar-refractivity contribution in [2.45, 2.75) is 284 Å². The number of allylic oxidation sites excluding steroid dienone is 10. The summed E-state index contributed by atoms with van der Waals surface area (Å²) in [7, 11) is 0. The molecule has 0 fully saturated rings. The molecule has 1 atom stereocenters. The number of unbranched alkanes of at least 4 members (excludes halogenated alkanes) is 29. The monoisotopic (exact) mass is 909 g/mol. The van der Waals surface area contributed by atoms with Gasteiger partial charge in [0.1, 0.15) is 13.2 Å². The van der Waals surface area contributed by atoms with Crippen molar-refractivity contribution in [1.82, 2.24) is 0 Å². The number of carbonyl (C=O) groups excluding carboxylic acids is 3. The minimum atomic E-state index is -0.795. The summed E-state index contributed by atoms with van der Waals surface area (Å²) in [4.78, 5) is 38.0. The maximum Gasteiger partial charge on any atom is 0.306 e. The molecule has 65 heavy (non-hydrogen) atoms. The van der Waals surface area contributed by atoms with Gasteiger partial charge in [0.25, 0.3) is 0 Å². The Kier molecular flexibility index (Phi) is 51.3. The molecule has 0 unspecified atom stereocenters. The molecule has 0 radical (unpaired) electrons. The van der Waals surface area contributed by atoms with Crippen LogP contribution in [0.2, 0.25) is 0 Å². The molecule has 0 spiro atoms. The second-order valence-corrected chi connectivity index (χ2v) is 18.5. The zero-order valence-electron chi connectivity index (χ0n) is 43.0. The summed E-state index contributed by atoms with van der Waals surface area (Å²) in [6, 6.07) is 0. The molecule has 6 heteroatoms. The van der Waals surface area contributed by atoms with Gasteiger partial charge in [0, 0.05) is 19.3 Å². The molecule has 0 aromatic rings. The van der Waals surface area contributed by atoms with Crippen LogP contribution in [0.3, 0.4) is 0 Å². The van der Waals surface area contributed by atoms with Crippen LogP contribution in [0.4, 0.5) is 0 Å². The Morgan fingerprint density at radius 3 is 0.969 bits per heavy atom. The van der Waals surface area contributed by atoms with Gasteiger partial charge in [-0.3, -0.25) is 14.4 Å². The summed E-state index contributed by atoms with van der Waals surface area (Å²) in [6.45, 7) is 6.57. The van der Waals surface area contributed by atoms with E-state index in [0.29, 0.717) is 19.3 Å². The Bertz CT molecular complexity index is 1180. The first-order valence-electron chi connectivity index (χ1n) is 27.8. The predicted molar refractivity (Wildman–Crippen MR) is 279 cm³/mol. The summed E-state index contributed by atoms with van der Waals surface area (Å²) in [5.74, 6) is -0.944. The van der Waals surface area contributed by atoms with Gasteiger partial charge in [-0.05, 0) is 83.5 Å². The smallest absolute Gasteiger partial charge is 0.306 e. The molecule has 0 aromatic carbocycles. The van der Waals surface area contributed by atoms with Gasteiger partial charge in [-0.2, -0.15) is 0 Å². The van der Waals surface area contributed by atoms with Crippen molar-refractivity contribution in [2.75, 3.05) is 13.2 Å². The van der Waals surface area contributed by atoms with Crippen LogP contribution in [-0.4, -0.2) is 37.2 Å². The van der Waals surface area contributed by atoms with Gasteiger partial charge in [-0.1, -0.05) is 236 Å². The summed E-state index contributed by atoms with van der Waals surface area (Å²) >= 11 is 0. The summed E-state index contributed by atoms with van der Waals surface area (Å²) in [6.07, 6.45) is 66.4. The molecule has 376 valence electrons. The lowest BCUT2D eigenvalue weighted by Gasteiger charge is -2.18. The molecule has 6 nitrogen and oxygen atoms in total. The Morgan fingerprint density at radius 2 is 0.569 bits per heavy atom. The molecule has 0 rings (SSSR count). The maximum atomic E-state index is 12.8. The number of hydrogen-bond acceptors (Lipinski definition) is 6. The number of rotatable bonds is 50. The molecule has 0 heterocycles. The molecule has 0 aromatic heterocycles. The molecule has 0 aliphatic carbocycles. The van der Waals surface area contributed by atoms with E-state index in [0.717, 1.165) is 64.2 Å². The van der Waals surface area contributed by atoms with Crippen LogP contribution >= 0.6 is 0 Å². The highest BCUT2D eigenvalue weighted by Crippen LogP contribution is 2.15. The van der Waals surface area contributed by atoms with Gasteiger partial charge in [0.05, 0.1) is 0 Å². The van der Waals surface area contributed by atoms with E-state index >= 15 is 0 Å². The highest BCUT2D eigenvalue weighted by atomic mass is 16.6. The molecule has 0 saturated carbocycles. The van der Waals surface area contributed by atoms with E-state index in [9.17, 15) is 14.4 Å². The second kappa shape index (κ2) is 53.7.